The number of rotatable bonds is 11. The van der Waals surface area contributed by atoms with Gasteiger partial charge in [-0.3, -0.25) is 9.59 Å². The predicted molar refractivity (Wildman–Crippen MR) is 147 cm³/mol. The second-order valence-electron chi connectivity index (χ2n) is 11.8. The average molecular weight is 536 g/mol. The minimum absolute atomic E-state index is 0.0373. The van der Waals surface area contributed by atoms with Crippen molar-refractivity contribution in [3.05, 3.63) is 64.8 Å². The molecule has 2 N–H and O–H groups in total. The molecule has 2 aromatic heterocycles. The van der Waals surface area contributed by atoms with Gasteiger partial charge in [0.25, 0.3) is 0 Å². The van der Waals surface area contributed by atoms with Crippen LogP contribution in [-0.2, 0) is 33.6 Å². The van der Waals surface area contributed by atoms with E-state index in [0.717, 1.165) is 28.8 Å². The van der Waals surface area contributed by atoms with Crippen molar-refractivity contribution >= 4 is 11.9 Å². The quantitative estimate of drug-likeness (QED) is 0.326. The Morgan fingerprint density at radius 1 is 1.15 bits per heavy atom. The number of carbonyl (C=O) groups excluding carboxylic acids is 2. The standard InChI is InChI=1S/C30H41N5O4/c1-19-9-8-10-20(2)24(19)14-22(15-27(36)38-30(3,4)5)28(37)33-25(16-23-17-31-18-32-23)29-34-26(35-39-29)13-21-11-6-7-12-21/h8-10,17-18,21-22,25H,6-7,11-16H2,1-5H3,(H,31,32)(H,33,37)/t22-,25+/m1/s1. The monoisotopic (exact) mass is 535 g/mol. The van der Waals surface area contributed by atoms with Gasteiger partial charge in [-0.05, 0) is 63.6 Å². The summed E-state index contributed by atoms with van der Waals surface area (Å²) in [6, 6.07) is 5.48. The summed E-state index contributed by atoms with van der Waals surface area (Å²) in [5, 5.41) is 7.34. The topological polar surface area (TPSA) is 123 Å². The highest BCUT2D eigenvalue weighted by molar-refractivity contribution is 5.84. The maximum atomic E-state index is 13.8. The Morgan fingerprint density at radius 2 is 1.87 bits per heavy atom. The SMILES string of the molecule is Cc1cccc(C)c1C[C@H](CC(=O)OC(C)(C)C)C(=O)N[C@@H](Cc1cnc[nH]1)c1nc(CC2CCCC2)no1. The van der Waals surface area contributed by atoms with Crippen molar-refractivity contribution in [2.24, 2.45) is 11.8 Å². The van der Waals surface area contributed by atoms with Gasteiger partial charge in [-0.1, -0.05) is 49.0 Å². The molecule has 4 rings (SSSR count). The Morgan fingerprint density at radius 3 is 2.51 bits per heavy atom. The molecule has 39 heavy (non-hydrogen) atoms. The number of esters is 1. The van der Waals surface area contributed by atoms with Crippen molar-refractivity contribution in [1.82, 2.24) is 25.4 Å². The van der Waals surface area contributed by atoms with Crippen LogP contribution in [-0.4, -0.2) is 37.6 Å². The van der Waals surface area contributed by atoms with Gasteiger partial charge in [0.15, 0.2) is 5.82 Å². The number of carbonyl (C=O) groups is 2. The molecule has 0 radical (unpaired) electrons. The minimum atomic E-state index is -0.640. The molecule has 9 heteroatoms. The summed E-state index contributed by atoms with van der Waals surface area (Å²) in [7, 11) is 0. The number of H-pyrrole nitrogens is 1. The van der Waals surface area contributed by atoms with Crippen LogP contribution in [0.5, 0.6) is 0 Å². The van der Waals surface area contributed by atoms with Crippen molar-refractivity contribution in [2.75, 3.05) is 0 Å². The number of hydrogen-bond donors (Lipinski definition) is 2. The van der Waals surface area contributed by atoms with Crippen molar-refractivity contribution in [3.8, 4) is 0 Å². The molecule has 210 valence electrons. The number of aromatic amines is 1. The molecule has 1 aromatic carbocycles. The Kier molecular flexibility index (Phi) is 9.20. The molecule has 1 amide bonds. The summed E-state index contributed by atoms with van der Waals surface area (Å²) in [4.78, 5) is 38.6. The Balaban J connectivity index is 1.56. The summed E-state index contributed by atoms with van der Waals surface area (Å²) < 4.78 is 11.3. The number of hydrogen-bond acceptors (Lipinski definition) is 7. The van der Waals surface area contributed by atoms with E-state index in [2.05, 4.69) is 25.4 Å². The number of aryl methyl sites for hydroxylation is 2. The lowest BCUT2D eigenvalue weighted by atomic mass is 9.89. The van der Waals surface area contributed by atoms with Gasteiger partial charge < -0.3 is 19.6 Å². The van der Waals surface area contributed by atoms with E-state index in [1.807, 2.05) is 52.8 Å². The molecule has 1 fully saturated rings. The summed E-state index contributed by atoms with van der Waals surface area (Å²) in [5.41, 5.74) is 3.41. The van der Waals surface area contributed by atoms with Crippen LogP contribution in [0.1, 0.15) is 93.0 Å². The Labute approximate surface area is 230 Å². The molecule has 0 aliphatic heterocycles. The molecule has 0 spiro atoms. The zero-order valence-corrected chi connectivity index (χ0v) is 23.8. The molecular formula is C30H41N5O4. The first kappa shape index (κ1) is 28.5. The van der Waals surface area contributed by atoms with E-state index in [0.29, 0.717) is 30.5 Å². The molecule has 2 atom stereocenters. The van der Waals surface area contributed by atoms with Gasteiger partial charge in [0.05, 0.1) is 18.7 Å². The Hall–Kier alpha value is -3.49. The van der Waals surface area contributed by atoms with Gasteiger partial charge in [-0.2, -0.15) is 4.98 Å². The zero-order valence-electron chi connectivity index (χ0n) is 23.8. The number of nitrogens with one attached hydrogen (secondary N) is 2. The third-order valence-electron chi connectivity index (χ3n) is 7.32. The number of aromatic nitrogens is 4. The number of benzene rings is 1. The zero-order chi connectivity index (χ0) is 28.0. The van der Waals surface area contributed by atoms with Crippen molar-refractivity contribution in [1.29, 1.82) is 0 Å². The van der Waals surface area contributed by atoms with Crippen LogP contribution in [0.2, 0.25) is 0 Å². The van der Waals surface area contributed by atoms with E-state index >= 15 is 0 Å². The lowest BCUT2D eigenvalue weighted by Gasteiger charge is -2.24. The first-order chi connectivity index (χ1) is 18.6. The molecule has 9 nitrogen and oxygen atoms in total. The summed E-state index contributed by atoms with van der Waals surface area (Å²) >= 11 is 0. The molecule has 3 aromatic rings. The van der Waals surface area contributed by atoms with Gasteiger partial charge in [0, 0.05) is 24.7 Å². The van der Waals surface area contributed by atoms with E-state index in [-0.39, 0.29) is 12.3 Å². The van der Waals surface area contributed by atoms with Crippen LogP contribution in [0.4, 0.5) is 0 Å². The molecule has 1 saturated carbocycles. The van der Waals surface area contributed by atoms with Crippen molar-refractivity contribution in [2.45, 2.75) is 97.6 Å². The molecule has 0 bridgehead atoms. The van der Waals surface area contributed by atoms with E-state index in [9.17, 15) is 9.59 Å². The van der Waals surface area contributed by atoms with E-state index < -0.39 is 23.5 Å². The first-order valence-corrected chi connectivity index (χ1v) is 13.9. The molecular weight excluding hydrogens is 494 g/mol. The van der Waals surface area contributed by atoms with Gasteiger partial charge in [-0.25, -0.2) is 4.98 Å². The Bertz CT molecular complexity index is 1220. The second-order valence-corrected chi connectivity index (χ2v) is 11.8. The van der Waals surface area contributed by atoms with E-state index in [1.54, 1.807) is 12.5 Å². The maximum absolute atomic E-state index is 13.8. The fourth-order valence-corrected chi connectivity index (χ4v) is 5.33. The largest absolute Gasteiger partial charge is 0.460 e. The summed E-state index contributed by atoms with van der Waals surface area (Å²) in [6.07, 6.45) is 9.72. The van der Waals surface area contributed by atoms with Gasteiger partial charge >= 0.3 is 5.97 Å². The van der Waals surface area contributed by atoms with Crippen LogP contribution in [0.25, 0.3) is 0 Å². The van der Waals surface area contributed by atoms with Crippen LogP contribution in [0, 0.1) is 25.7 Å². The maximum Gasteiger partial charge on any atom is 0.307 e. The fourth-order valence-electron chi connectivity index (χ4n) is 5.33. The predicted octanol–water partition coefficient (Wildman–Crippen LogP) is 5.13. The number of imidazole rings is 1. The molecule has 1 aliphatic rings. The van der Waals surface area contributed by atoms with Crippen molar-refractivity contribution in [3.63, 3.8) is 0 Å². The van der Waals surface area contributed by atoms with E-state index in [4.69, 9.17) is 9.26 Å². The number of nitrogens with zero attached hydrogens (tertiary/aromatic N) is 3. The normalized spacial score (nSPS) is 15.7. The number of amides is 1. The fraction of sp³-hybridized carbons (Fsp3) is 0.567. The number of ether oxygens (including phenoxy) is 1. The van der Waals surface area contributed by atoms with Gasteiger partial charge in [-0.15, -0.1) is 0 Å². The first-order valence-electron chi connectivity index (χ1n) is 13.9. The third kappa shape index (κ3) is 8.25. The highest BCUT2D eigenvalue weighted by atomic mass is 16.6. The highest BCUT2D eigenvalue weighted by Gasteiger charge is 2.31. The van der Waals surface area contributed by atoms with Crippen molar-refractivity contribution < 1.29 is 18.8 Å². The van der Waals surface area contributed by atoms with Crippen LogP contribution < -0.4 is 5.32 Å². The van der Waals surface area contributed by atoms with Crippen LogP contribution in [0.15, 0.2) is 35.2 Å². The molecule has 0 saturated heterocycles. The lowest BCUT2D eigenvalue weighted by Crippen LogP contribution is -2.38. The van der Waals surface area contributed by atoms with Crippen LogP contribution >= 0.6 is 0 Å². The van der Waals surface area contributed by atoms with Gasteiger partial charge in [0.1, 0.15) is 11.6 Å². The van der Waals surface area contributed by atoms with E-state index in [1.165, 1.54) is 25.7 Å². The van der Waals surface area contributed by atoms with Gasteiger partial charge in [0.2, 0.25) is 11.8 Å². The molecule has 0 unspecified atom stereocenters. The molecule has 1 aliphatic carbocycles. The summed E-state index contributed by atoms with van der Waals surface area (Å²) in [6.45, 7) is 9.52. The highest BCUT2D eigenvalue weighted by Crippen LogP contribution is 2.28. The average Bonchev–Trinajstić information content (AvgIpc) is 3.63. The smallest absolute Gasteiger partial charge is 0.307 e. The third-order valence-corrected chi connectivity index (χ3v) is 7.32. The summed E-state index contributed by atoms with van der Waals surface area (Å²) in [5.74, 6) is 0.298. The van der Waals surface area contributed by atoms with Crippen LogP contribution in [0.3, 0.4) is 0 Å². The lowest BCUT2D eigenvalue weighted by molar-refractivity contribution is -0.157. The molecule has 2 heterocycles. The second kappa shape index (κ2) is 12.6. The minimum Gasteiger partial charge on any atom is -0.460 e.